The highest BCUT2D eigenvalue weighted by Gasteiger charge is 2.26. The SMILES string of the molecule is C1=CC(c2ccc(OCC3CO3)c(C3CCCCCCC3)c2)CCC1c1ccc(OCC2CO2)cc1. The van der Waals surface area contributed by atoms with Crippen LogP contribution in [0.4, 0.5) is 0 Å². The van der Waals surface area contributed by atoms with E-state index < -0.39 is 0 Å². The summed E-state index contributed by atoms with van der Waals surface area (Å²) in [5, 5.41) is 0. The fourth-order valence-corrected chi connectivity index (χ4v) is 5.90. The third-order valence-corrected chi connectivity index (χ3v) is 8.35. The Morgan fingerprint density at radius 3 is 1.86 bits per heavy atom. The number of rotatable bonds is 9. The first-order valence-corrected chi connectivity index (χ1v) is 14.2. The second-order valence-electron chi connectivity index (χ2n) is 11.1. The van der Waals surface area contributed by atoms with Crippen LogP contribution in [-0.4, -0.2) is 38.6 Å². The minimum Gasteiger partial charge on any atom is -0.491 e. The molecular formula is C32H40O4. The summed E-state index contributed by atoms with van der Waals surface area (Å²) in [4.78, 5) is 0. The van der Waals surface area contributed by atoms with Crippen LogP contribution in [0, 0.1) is 0 Å². The van der Waals surface area contributed by atoms with E-state index in [1.165, 1.54) is 74.5 Å². The van der Waals surface area contributed by atoms with Gasteiger partial charge in [0.1, 0.15) is 36.9 Å². The van der Waals surface area contributed by atoms with Crippen LogP contribution in [0.25, 0.3) is 0 Å². The maximum absolute atomic E-state index is 6.29. The highest BCUT2D eigenvalue weighted by Crippen LogP contribution is 2.41. The van der Waals surface area contributed by atoms with Gasteiger partial charge in [-0.05, 0) is 66.5 Å². The first kappa shape index (κ1) is 24.1. The van der Waals surface area contributed by atoms with Crippen molar-refractivity contribution in [1.82, 2.24) is 0 Å². The predicted molar refractivity (Wildman–Crippen MR) is 142 cm³/mol. The molecule has 4 aliphatic rings. The lowest BCUT2D eigenvalue weighted by atomic mass is 9.79. The van der Waals surface area contributed by atoms with Crippen LogP contribution < -0.4 is 9.47 Å². The van der Waals surface area contributed by atoms with Gasteiger partial charge in [-0.2, -0.15) is 0 Å². The summed E-state index contributed by atoms with van der Waals surface area (Å²) in [6, 6.07) is 15.7. The quantitative estimate of drug-likeness (QED) is 0.275. The fourth-order valence-electron chi connectivity index (χ4n) is 5.90. The van der Waals surface area contributed by atoms with Crippen molar-refractivity contribution in [2.75, 3.05) is 26.4 Å². The van der Waals surface area contributed by atoms with E-state index in [9.17, 15) is 0 Å². The Labute approximate surface area is 216 Å². The van der Waals surface area contributed by atoms with Gasteiger partial charge in [0.05, 0.1) is 13.2 Å². The minimum atomic E-state index is 0.293. The van der Waals surface area contributed by atoms with Crippen LogP contribution in [0.5, 0.6) is 11.5 Å². The molecule has 2 aliphatic carbocycles. The van der Waals surface area contributed by atoms with Gasteiger partial charge in [-0.25, -0.2) is 0 Å². The van der Waals surface area contributed by atoms with Gasteiger partial charge in [-0.1, -0.05) is 68.5 Å². The van der Waals surface area contributed by atoms with E-state index in [0.29, 0.717) is 43.2 Å². The van der Waals surface area contributed by atoms with Gasteiger partial charge < -0.3 is 18.9 Å². The van der Waals surface area contributed by atoms with Crippen LogP contribution in [0.3, 0.4) is 0 Å². The van der Waals surface area contributed by atoms with E-state index in [-0.39, 0.29) is 0 Å². The molecule has 1 saturated carbocycles. The molecule has 0 amide bonds. The molecule has 0 radical (unpaired) electrons. The summed E-state index contributed by atoms with van der Waals surface area (Å²) in [6.45, 7) is 3.02. The zero-order valence-electron chi connectivity index (χ0n) is 21.4. The fraction of sp³-hybridized carbons (Fsp3) is 0.562. The lowest BCUT2D eigenvalue weighted by Gasteiger charge is -2.27. The van der Waals surface area contributed by atoms with Crippen molar-refractivity contribution in [2.45, 2.75) is 87.7 Å². The normalized spacial score (nSPS) is 28.2. The molecule has 36 heavy (non-hydrogen) atoms. The van der Waals surface area contributed by atoms with Gasteiger partial charge in [-0.15, -0.1) is 0 Å². The third-order valence-electron chi connectivity index (χ3n) is 8.35. The molecule has 6 rings (SSSR count). The number of hydrogen-bond acceptors (Lipinski definition) is 4. The van der Waals surface area contributed by atoms with Crippen LogP contribution >= 0.6 is 0 Å². The van der Waals surface area contributed by atoms with E-state index >= 15 is 0 Å². The van der Waals surface area contributed by atoms with Crippen LogP contribution in [0.15, 0.2) is 54.6 Å². The largest absolute Gasteiger partial charge is 0.491 e. The molecule has 0 aromatic heterocycles. The number of hydrogen-bond donors (Lipinski definition) is 0. The molecule has 2 aromatic carbocycles. The predicted octanol–water partition coefficient (Wildman–Crippen LogP) is 7.29. The smallest absolute Gasteiger partial charge is 0.122 e. The third kappa shape index (κ3) is 6.33. The van der Waals surface area contributed by atoms with E-state index in [1.54, 1.807) is 0 Å². The van der Waals surface area contributed by atoms with Crippen molar-refractivity contribution in [3.05, 3.63) is 71.3 Å². The van der Waals surface area contributed by atoms with Crippen molar-refractivity contribution in [1.29, 1.82) is 0 Å². The van der Waals surface area contributed by atoms with Crippen molar-refractivity contribution >= 4 is 0 Å². The highest BCUT2D eigenvalue weighted by molar-refractivity contribution is 5.43. The molecule has 192 valence electrons. The average molecular weight is 489 g/mol. The number of epoxide rings is 2. The van der Waals surface area contributed by atoms with Crippen molar-refractivity contribution in [3.8, 4) is 11.5 Å². The van der Waals surface area contributed by atoms with Crippen molar-refractivity contribution < 1.29 is 18.9 Å². The van der Waals surface area contributed by atoms with E-state index in [4.69, 9.17) is 18.9 Å². The molecule has 4 heteroatoms. The first-order chi connectivity index (χ1) is 17.8. The van der Waals surface area contributed by atoms with E-state index in [2.05, 4.69) is 54.6 Å². The van der Waals surface area contributed by atoms with Crippen molar-refractivity contribution in [3.63, 3.8) is 0 Å². The van der Waals surface area contributed by atoms with Gasteiger partial charge in [0.2, 0.25) is 0 Å². The molecule has 0 bridgehead atoms. The van der Waals surface area contributed by atoms with Gasteiger partial charge in [0.25, 0.3) is 0 Å². The molecule has 4 unspecified atom stereocenters. The molecular weight excluding hydrogens is 448 g/mol. The lowest BCUT2D eigenvalue weighted by molar-refractivity contribution is 0.258. The summed E-state index contributed by atoms with van der Waals surface area (Å²) < 4.78 is 22.7. The van der Waals surface area contributed by atoms with Crippen molar-refractivity contribution in [2.24, 2.45) is 0 Å². The summed E-state index contributed by atoms with van der Waals surface area (Å²) in [5.41, 5.74) is 4.27. The van der Waals surface area contributed by atoms with Gasteiger partial charge in [0.15, 0.2) is 0 Å². The Balaban J connectivity index is 1.14. The Hall–Kier alpha value is -2.30. The molecule has 2 aliphatic heterocycles. The number of benzene rings is 2. The second kappa shape index (κ2) is 11.4. The molecule has 2 saturated heterocycles. The molecule has 0 spiro atoms. The molecule has 3 fully saturated rings. The molecule has 4 nitrogen and oxygen atoms in total. The summed E-state index contributed by atoms with van der Waals surface area (Å²) in [5.74, 6) is 3.61. The zero-order chi connectivity index (χ0) is 24.2. The second-order valence-corrected chi connectivity index (χ2v) is 11.1. The summed E-state index contributed by atoms with van der Waals surface area (Å²) in [7, 11) is 0. The van der Waals surface area contributed by atoms with Gasteiger partial charge >= 0.3 is 0 Å². The Morgan fingerprint density at radius 1 is 0.639 bits per heavy atom. The van der Waals surface area contributed by atoms with Gasteiger partial charge in [-0.3, -0.25) is 0 Å². The van der Waals surface area contributed by atoms with Crippen LogP contribution in [-0.2, 0) is 9.47 Å². The average Bonchev–Trinajstić information content (AvgIpc) is 3.82. The Kier molecular flexibility index (Phi) is 7.62. The van der Waals surface area contributed by atoms with Crippen LogP contribution in [0.1, 0.15) is 92.2 Å². The Bertz CT molecular complexity index is 1010. The monoisotopic (exact) mass is 488 g/mol. The highest BCUT2D eigenvalue weighted by atomic mass is 16.6. The topological polar surface area (TPSA) is 43.5 Å². The summed E-state index contributed by atoms with van der Waals surface area (Å²) in [6.07, 6.45) is 17.2. The van der Waals surface area contributed by atoms with Gasteiger partial charge in [0, 0.05) is 11.8 Å². The number of ether oxygens (including phenoxy) is 4. The maximum atomic E-state index is 6.29. The number of allylic oxidation sites excluding steroid dienone is 2. The lowest BCUT2D eigenvalue weighted by Crippen LogP contribution is -2.11. The maximum Gasteiger partial charge on any atom is 0.122 e. The summed E-state index contributed by atoms with van der Waals surface area (Å²) >= 11 is 0. The van der Waals surface area contributed by atoms with E-state index in [1.807, 2.05) is 0 Å². The molecule has 4 atom stereocenters. The van der Waals surface area contributed by atoms with Crippen LogP contribution in [0.2, 0.25) is 0 Å². The molecule has 2 aromatic rings. The first-order valence-electron chi connectivity index (χ1n) is 14.2. The molecule has 2 heterocycles. The Morgan fingerprint density at radius 2 is 1.22 bits per heavy atom. The molecule has 0 N–H and O–H groups in total. The van der Waals surface area contributed by atoms with E-state index in [0.717, 1.165) is 24.7 Å². The standard InChI is InChI=1S/C32H40O4/c1-2-4-6-26(7-5-3-1)31-18-27(14-17-32(31)36-22-30-21-35-30)25-10-8-23(9-11-25)24-12-15-28(16-13-24)33-19-29-20-34-29/h8,10,12-18,23,25-26,29-30H,1-7,9,11,19-22H2. The zero-order valence-corrected chi connectivity index (χ0v) is 21.4. The minimum absolute atomic E-state index is 0.293.